The zero-order valence-electron chi connectivity index (χ0n) is 14.1. The van der Waals surface area contributed by atoms with E-state index >= 15 is 0 Å². The zero-order chi connectivity index (χ0) is 18.1. The van der Waals surface area contributed by atoms with Crippen molar-refractivity contribution in [2.75, 3.05) is 6.61 Å². The molecule has 2 rings (SSSR count). The Morgan fingerprint density at radius 1 is 1.29 bits per heavy atom. The first-order valence-corrected chi connectivity index (χ1v) is 7.46. The number of para-hydroxylation sites is 1. The van der Waals surface area contributed by atoms with Gasteiger partial charge in [-0.25, -0.2) is 9.18 Å². The lowest BCUT2D eigenvalue weighted by molar-refractivity contribution is -0.0737. The summed E-state index contributed by atoms with van der Waals surface area (Å²) in [5.41, 5.74) is -1.86. The van der Waals surface area contributed by atoms with Crippen LogP contribution in [0.5, 0.6) is 5.88 Å². The van der Waals surface area contributed by atoms with Crippen LogP contribution in [0.2, 0.25) is 0 Å². The molecule has 0 spiro atoms. The normalized spacial score (nSPS) is 14.2. The molecule has 2 N–H and O–H groups in total. The number of aliphatic hydroxyl groups is 1. The molecule has 1 atom stereocenters. The summed E-state index contributed by atoms with van der Waals surface area (Å²) in [5.74, 6) is -1.77. The summed E-state index contributed by atoms with van der Waals surface area (Å²) < 4.78 is 20.7. The minimum atomic E-state index is -1.25. The van der Waals surface area contributed by atoms with Crippen LogP contribution in [0.15, 0.2) is 30.3 Å². The number of rotatable bonds is 5. The quantitative estimate of drug-likeness (QED) is 0.877. The third-order valence-electron chi connectivity index (χ3n) is 4.09. The standard InChI is InChI=1S/C17H21FN2O4/c1-16(2,3)17(4,23)10-24-14-9-12(15(21)22)19-20(14)13-8-6-5-7-11(13)18/h5-9,23H,10H2,1-4H3,(H,21,22). The van der Waals surface area contributed by atoms with Crippen LogP contribution >= 0.6 is 0 Å². The second-order valence-electron chi connectivity index (χ2n) is 6.85. The molecule has 0 aliphatic heterocycles. The van der Waals surface area contributed by atoms with E-state index in [4.69, 9.17) is 9.84 Å². The number of aromatic carboxylic acids is 1. The molecule has 0 aliphatic rings. The van der Waals surface area contributed by atoms with Crippen molar-refractivity contribution < 1.29 is 24.1 Å². The number of hydrogen-bond acceptors (Lipinski definition) is 4. The minimum absolute atomic E-state index is 0.0435. The van der Waals surface area contributed by atoms with Gasteiger partial charge in [0.2, 0.25) is 5.88 Å². The lowest BCUT2D eigenvalue weighted by Gasteiger charge is -2.36. The van der Waals surface area contributed by atoms with Crippen LogP contribution in [-0.2, 0) is 0 Å². The molecule has 24 heavy (non-hydrogen) atoms. The van der Waals surface area contributed by atoms with Crippen molar-refractivity contribution in [1.29, 1.82) is 0 Å². The largest absolute Gasteiger partial charge is 0.476 e. The fourth-order valence-electron chi connectivity index (χ4n) is 1.80. The molecule has 0 saturated heterocycles. The SMILES string of the molecule is CC(C)(C)C(C)(O)COc1cc(C(=O)O)nn1-c1ccccc1F. The Hall–Kier alpha value is -2.41. The van der Waals surface area contributed by atoms with Crippen molar-refractivity contribution >= 4 is 5.97 Å². The van der Waals surface area contributed by atoms with Crippen LogP contribution in [-0.4, -0.2) is 38.2 Å². The number of hydrogen-bond donors (Lipinski definition) is 2. The third kappa shape index (κ3) is 3.56. The van der Waals surface area contributed by atoms with E-state index in [2.05, 4.69) is 5.10 Å². The smallest absolute Gasteiger partial charge is 0.356 e. The molecule has 2 aromatic rings. The van der Waals surface area contributed by atoms with Crippen LogP contribution in [0.3, 0.4) is 0 Å². The van der Waals surface area contributed by atoms with Gasteiger partial charge in [0.15, 0.2) is 5.69 Å². The molecular weight excluding hydrogens is 315 g/mol. The van der Waals surface area contributed by atoms with Gasteiger partial charge in [-0.3, -0.25) is 0 Å². The van der Waals surface area contributed by atoms with Crippen molar-refractivity contribution in [2.45, 2.75) is 33.3 Å². The number of benzene rings is 1. The van der Waals surface area contributed by atoms with Gasteiger partial charge in [0.25, 0.3) is 0 Å². The summed E-state index contributed by atoms with van der Waals surface area (Å²) in [5, 5.41) is 23.5. The Kier molecular flexibility index (Phi) is 4.66. The van der Waals surface area contributed by atoms with Gasteiger partial charge in [-0.2, -0.15) is 9.78 Å². The number of ether oxygens (including phenoxy) is 1. The molecule has 130 valence electrons. The summed E-state index contributed by atoms with van der Waals surface area (Å²) in [6, 6.07) is 7.03. The van der Waals surface area contributed by atoms with Gasteiger partial charge in [-0.1, -0.05) is 32.9 Å². The van der Waals surface area contributed by atoms with Crippen molar-refractivity contribution in [3.63, 3.8) is 0 Å². The lowest BCUT2D eigenvalue weighted by atomic mass is 9.78. The molecular formula is C17H21FN2O4. The molecule has 7 heteroatoms. The molecule has 1 heterocycles. The van der Waals surface area contributed by atoms with Gasteiger partial charge in [-0.15, -0.1) is 0 Å². The van der Waals surface area contributed by atoms with Gasteiger partial charge in [0.1, 0.15) is 23.7 Å². The summed E-state index contributed by atoms with van der Waals surface area (Å²) >= 11 is 0. The topological polar surface area (TPSA) is 84.6 Å². The van der Waals surface area contributed by atoms with Gasteiger partial charge < -0.3 is 14.9 Å². The van der Waals surface area contributed by atoms with E-state index in [9.17, 15) is 14.3 Å². The van der Waals surface area contributed by atoms with E-state index < -0.39 is 22.8 Å². The number of nitrogens with zero attached hydrogens (tertiary/aromatic N) is 2. The first kappa shape index (κ1) is 17.9. The van der Waals surface area contributed by atoms with E-state index in [0.29, 0.717) is 0 Å². The maximum absolute atomic E-state index is 14.0. The average molecular weight is 336 g/mol. The fourth-order valence-corrected chi connectivity index (χ4v) is 1.80. The van der Waals surface area contributed by atoms with Crippen LogP contribution in [0.4, 0.5) is 4.39 Å². The van der Waals surface area contributed by atoms with Crippen LogP contribution in [0, 0.1) is 11.2 Å². The van der Waals surface area contributed by atoms with E-state index in [1.165, 1.54) is 24.3 Å². The number of halogens is 1. The predicted molar refractivity (Wildman–Crippen MR) is 86.1 cm³/mol. The number of carboxylic acids is 1. The van der Waals surface area contributed by atoms with Crippen molar-refractivity contribution in [1.82, 2.24) is 9.78 Å². The highest BCUT2D eigenvalue weighted by Gasteiger charge is 2.36. The third-order valence-corrected chi connectivity index (χ3v) is 4.09. The average Bonchev–Trinajstić information content (AvgIpc) is 2.89. The number of carbonyl (C=O) groups is 1. The van der Waals surface area contributed by atoms with Crippen LogP contribution in [0.1, 0.15) is 38.2 Å². The van der Waals surface area contributed by atoms with Gasteiger partial charge >= 0.3 is 5.97 Å². The number of aromatic nitrogens is 2. The second-order valence-corrected chi connectivity index (χ2v) is 6.85. The van der Waals surface area contributed by atoms with E-state index in [-0.39, 0.29) is 23.9 Å². The molecule has 0 bridgehead atoms. The first-order valence-electron chi connectivity index (χ1n) is 7.46. The van der Waals surface area contributed by atoms with E-state index in [1.54, 1.807) is 13.0 Å². The molecule has 0 fully saturated rings. The second kappa shape index (κ2) is 6.24. The van der Waals surface area contributed by atoms with E-state index in [0.717, 1.165) is 4.68 Å². The summed E-state index contributed by atoms with van der Waals surface area (Å²) in [6.07, 6.45) is 0. The summed E-state index contributed by atoms with van der Waals surface area (Å²) in [4.78, 5) is 11.2. The molecule has 0 radical (unpaired) electrons. The molecule has 1 aromatic heterocycles. The fraction of sp³-hybridized carbons (Fsp3) is 0.412. The maximum Gasteiger partial charge on any atom is 0.356 e. The Morgan fingerprint density at radius 2 is 1.92 bits per heavy atom. The van der Waals surface area contributed by atoms with Gasteiger partial charge in [0, 0.05) is 6.07 Å². The lowest BCUT2D eigenvalue weighted by Crippen LogP contribution is -2.45. The first-order chi connectivity index (χ1) is 11.0. The summed E-state index contributed by atoms with van der Waals surface area (Å²) in [6.45, 7) is 7.08. The molecule has 0 aliphatic carbocycles. The van der Waals surface area contributed by atoms with Crippen molar-refractivity contribution in [3.8, 4) is 11.6 Å². The molecule has 1 unspecified atom stereocenters. The van der Waals surface area contributed by atoms with Gasteiger partial charge in [-0.05, 0) is 24.5 Å². The van der Waals surface area contributed by atoms with Crippen molar-refractivity contribution in [2.24, 2.45) is 5.41 Å². The van der Waals surface area contributed by atoms with Gasteiger partial charge in [0.05, 0.1) is 0 Å². The minimum Gasteiger partial charge on any atom is -0.476 e. The molecule has 0 amide bonds. The van der Waals surface area contributed by atoms with E-state index in [1.807, 2.05) is 20.8 Å². The highest BCUT2D eigenvalue weighted by atomic mass is 19.1. The highest BCUT2D eigenvalue weighted by Crippen LogP contribution is 2.31. The highest BCUT2D eigenvalue weighted by molar-refractivity contribution is 5.85. The van der Waals surface area contributed by atoms with Crippen LogP contribution in [0.25, 0.3) is 5.69 Å². The number of carboxylic acid groups (broad SMARTS) is 1. The predicted octanol–water partition coefficient (Wildman–Crippen LogP) is 2.89. The monoisotopic (exact) mass is 336 g/mol. The molecule has 6 nitrogen and oxygen atoms in total. The maximum atomic E-state index is 14.0. The zero-order valence-corrected chi connectivity index (χ0v) is 14.1. The molecule has 0 saturated carbocycles. The molecule has 1 aromatic carbocycles. The Morgan fingerprint density at radius 3 is 2.46 bits per heavy atom. The Labute approximate surface area is 139 Å². The van der Waals surface area contributed by atoms with Crippen molar-refractivity contribution in [3.05, 3.63) is 41.8 Å². The Balaban J connectivity index is 2.39. The van der Waals surface area contributed by atoms with Crippen LogP contribution < -0.4 is 4.74 Å². The summed E-state index contributed by atoms with van der Waals surface area (Å²) in [7, 11) is 0. The Bertz CT molecular complexity index is 747.